The van der Waals surface area contributed by atoms with Gasteiger partial charge in [-0.2, -0.15) is 0 Å². The Hall–Kier alpha value is -0.550. The maximum atomic E-state index is 5.83. The van der Waals surface area contributed by atoms with Crippen LogP contribution in [0.25, 0.3) is 0 Å². The van der Waals surface area contributed by atoms with Gasteiger partial charge in [0.25, 0.3) is 0 Å². The van der Waals surface area contributed by atoms with Crippen LogP contribution in [0.4, 0.5) is 0 Å². The third kappa shape index (κ3) is 2.57. The highest BCUT2D eigenvalue weighted by atomic mass is 79.9. The van der Waals surface area contributed by atoms with Crippen molar-refractivity contribution in [3.8, 4) is 5.75 Å². The molecule has 0 radical (unpaired) electrons. The topological polar surface area (TPSA) is 21.8 Å². The van der Waals surface area contributed by atoms with E-state index in [1.807, 2.05) is 30.3 Å². The van der Waals surface area contributed by atoms with Gasteiger partial charge in [0.15, 0.2) is 5.60 Å². The summed E-state index contributed by atoms with van der Waals surface area (Å²) in [7, 11) is 0. The highest BCUT2D eigenvalue weighted by Gasteiger charge is 2.48. The lowest BCUT2D eigenvalue weighted by atomic mass is 10.1. The quantitative estimate of drug-likeness (QED) is 0.763. The summed E-state index contributed by atoms with van der Waals surface area (Å²) in [6.07, 6.45) is 0. The van der Waals surface area contributed by atoms with Gasteiger partial charge < -0.3 is 9.47 Å². The third-order valence-corrected chi connectivity index (χ3v) is 4.86. The van der Waals surface area contributed by atoms with Crippen LogP contribution in [0.2, 0.25) is 5.02 Å². The van der Waals surface area contributed by atoms with E-state index < -0.39 is 0 Å². The predicted molar refractivity (Wildman–Crippen MR) is 76.6 cm³/mol. The number of rotatable bonds is 4. The predicted octanol–water partition coefficient (Wildman–Crippen LogP) is 4.47. The smallest absolute Gasteiger partial charge is 0.159 e. The van der Waals surface area contributed by atoms with Gasteiger partial charge in [0.2, 0.25) is 0 Å². The molecular weight excluding hydrogens is 336 g/mol. The highest BCUT2D eigenvalue weighted by molar-refractivity contribution is 9.11. The van der Waals surface area contributed by atoms with Crippen LogP contribution in [-0.2, 0) is 10.3 Å². The molecule has 1 aliphatic rings. The van der Waals surface area contributed by atoms with Crippen molar-refractivity contribution >= 4 is 38.9 Å². The molecule has 18 heavy (non-hydrogen) atoms. The van der Waals surface area contributed by atoms with Crippen molar-refractivity contribution in [2.24, 2.45) is 0 Å². The monoisotopic (exact) mass is 344 g/mol. The Morgan fingerprint density at radius 3 is 2.56 bits per heavy atom. The minimum Gasteiger partial charge on any atom is -0.490 e. The van der Waals surface area contributed by atoms with Gasteiger partial charge in [-0.05, 0) is 52.3 Å². The fourth-order valence-corrected chi connectivity index (χ4v) is 3.30. The molecule has 1 unspecified atom stereocenters. The van der Waals surface area contributed by atoms with Crippen molar-refractivity contribution in [3.05, 3.63) is 50.1 Å². The van der Waals surface area contributed by atoms with Gasteiger partial charge in [0.05, 0.1) is 10.4 Å². The molecule has 94 valence electrons. The largest absolute Gasteiger partial charge is 0.490 e. The van der Waals surface area contributed by atoms with Crippen LogP contribution in [-0.4, -0.2) is 13.2 Å². The molecule has 2 aromatic rings. The van der Waals surface area contributed by atoms with Gasteiger partial charge in [0.1, 0.15) is 12.4 Å². The summed E-state index contributed by atoms with van der Waals surface area (Å²) in [5, 5.41) is 0.710. The molecule has 1 fully saturated rings. The molecule has 5 heteroatoms. The van der Waals surface area contributed by atoms with E-state index in [2.05, 4.69) is 22.0 Å². The Morgan fingerprint density at radius 1 is 1.28 bits per heavy atom. The highest BCUT2D eigenvalue weighted by Crippen LogP contribution is 2.43. The summed E-state index contributed by atoms with van der Waals surface area (Å²) in [4.78, 5) is 1.20. The van der Waals surface area contributed by atoms with E-state index >= 15 is 0 Å². The second-order valence-electron chi connectivity index (χ2n) is 4.13. The van der Waals surface area contributed by atoms with E-state index in [1.54, 1.807) is 11.3 Å². The minimum absolute atomic E-state index is 0.254. The van der Waals surface area contributed by atoms with Crippen molar-refractivity contribution in [1.29, 1.82) is 0 Å². The zero-order valence-corrected chi connectivity index (χ0v) is 12.5. The molecule has 1 saturated heterocycles. The first-order valence-electron chi connectivity index (χ1n) is 5.46. The summed E-state index contributed by atoms with van der Waals surface area (Å²) in [5.74, 6) is 0.810. The standard InChI is InChI=1S/C13H10BrClO2S/c14-12-6-5-11(18-12)13(8-17-13)7-16-10-3-1-9(15)2-4-10/h1-6H,7-8H2. The number of epoxide rings is 1. The van der Waals surface area contributed by atoms with Gasteiger partial charge >= 0.3 is 0 Å². The van der Waals surface area contributed by atoms with Crippen molar-refractivity contribution in [3.63, 3.8) is 0 Å². The second-order valence-corrected chi connectivity index (χ2v) is 7.03. The van der Waals surface area contributed by atoms with E-state index in [0.717, 1.165) is 9.54 Å². The number of ether oxygens (including phenoxy) is 2. The van der Waals surface area contributed by atoms with Crippen LogP contribution in [0.15, 0.2) is 40.2 Å². The van der Waals surface area contributed by atoms with E-state index in [4.69, 9.17) is 21.1 Å². The van der Waals surface area contributed by atoms with Crippen molar-refractivity contribution in [2.45, 2.75) is 5.60 Å². The molecule has 0 aliphatic carbocycles. The van der Waals surface area contributed by atoms with Gasteiger partial charge in [-0.15, -0.1) is 11.3 Å². The van der Waals surface area contributed by atoms with Crippen molar-refractivity contribution in [1.82, 2.24) is 0 Å². The van der Waals surface area contributed by atoms with E-state index in [0.29, 0.717) is 18.2 Å². The summed E-state index contributed by atoms with van der Waals surface area (Å²) in [6.45, 7) is 1.25. The lowest BCUT2D eigenvalue weighted by Crippen LogP contribution is -2.18. The molecule has 1 aromatic heterocycles. The second kappa shape index (κ2) is 4.85. The Labute approximate surface area is 123 Å². The fourth-order valence-electron chi connectivity index (χ4n) is 1.67. The van der Waals surface area contributed by atoms with Crippen LogP contribution in [0.3, 0.4) is 0 Å². The molecule has 1 aliphatic heterocycles. The van der Waals surface area contributed by atoms with Gasteiger partial charge in [-0.1, -0.05) is 11.6 Å². The molecule has 2 nitrogen and oxygen atoms in total. The van der Waals surface area contributed by atoms with Crippen LogP contribution in [0.5, 0.6) is 5.75 Å². The normalized spacial score (nSPS) is 21.9. The van der Waals surface area contributed by atoms with Crippen molar-refractivity contribution < 1.29 is 9.47 Å². The first-order valence-corrected chi connectivity index (χ1v) is 7.45. The molecule has 0 spiro atoms. The molecule has 0 saturated carbocycles. The third-order valence-electron chi connectivity index (χ3n) is 2.80. The summed E-state index contributed by atoms with van der Waals surface area (Å²) < 4.78 is 12.4. The van der Waals surface area contributed by atoms with Gasteiger partial charge in [-0.25, -0.2) is 0 Å². The lowest BCUT2D eigenvalue weighted by molar-refractivity contribution is 0.192. The van der Waals surface area contributed by atoms with Crippen LogP contribution < -0.4 is 4.74 Å². The Bertz CT molecular complexity index is 548. The fraction of sp³-hybridized carbons (Fsp3) is 0.231. The lowest BCUT2D eigenvalue weighted by Gasteiger charge is -2.11. The first kappa shape index (κ1) is 12.5. The van der Waals surface area contributed by atoms with Crippen LogP contribution in [0, 0.1) is 0 Å². The molecule has 0 N–H and O–H groups in total. The number of benzene rings is 1. The maximum Gasteiger partial charge on any atom is 0.159 e. The zero-order chi connectivity index (χ0) is 12.6. The Balaban J connectivity index is 1.68. The summed E-state index contributed by atoms with van der Waals surface area (Å²) in [6, 6.07) is 11.5. The molecule has 2 heterocycles. The van der Waals surface area contributed by atoms with E-state index in [1.165, 1.54) is 4.88 Å². The van der Waals surface area contributed by atoms with Crippen molar-refractivity contribution in [2.75, 3.05) is 13.2 Å². The molecule has 1 atom stereocenters. The Morgan fingerprint density at radius 2 is 2.00 bits per heavy atom. The molecule has 0 bridgehead atoms. The molecule has 0 amide bonds. The Kier molecular flexibility index (Phi) is 3.36. The van der Waals surface area contributed by atoms with E-state index in [-0.39, 0.29) is 5.60 Å². The summed E-state index contributed by atoms with van der Waals surface area (Å²) in [5.41, 5.74) is -0.254. The van der Waals surface area contributed by atoms with E-state index in [9.17, 15) is 0 Å². The van der Waals surface area contributed by atoms with Crippen LogP contribution >= 0.6 is 38.9 Å². The average molecular weight is 346 g/mol. The SMILES string of the molecule is Clc1ccc(OCC2(c3ccc(Br)s3)CO2)cc1. The summed E-state index contributed by atoms with van der Waals surface area (Å²) >= 11 is 11.0. The van der Waals surface area contributed by atoms with Gasteiger partial charge in [0, 0.05) is 9.90 Å². The molecule has 1 aromatic carbocycles. The first-order chi connectivity index (χ1) is 8.68. The molecular formula is C13H10BrClO2S. The number of hydrogen-bond donors (Lipinski definition) is 0. The number of thiophene rings is 1. The number of halogens is 2. The van der Waals surface area contributed by atoms with Gasteiger partial charge in [-0.3, -0.25) is 0 Å². The van der Waals surface area contributed by atoms with Crippen LogP contribution in [0.1, 0.15) is 4.88 Å². The molecule has 3 rings (SSSR count). The average Bonchev–Trinajstić information content (AvgIpc) is 3.04. The number of hydrogen-bond acceptors (Lipinski definition) is 3. The minimum atomic E-state index is -0.254. The zero-order valence-electron chi connectivity index (χ0n) is 9.36. The maximum absolute atomic E-state index is 5.83.